The third kappa shape index (κ3) is 3.24. The number of hydrogen-bond acceptors (Lipinski definition) is 2. The van der Waals surface area contributed by atoms with Crippen molar-refractivity contribution in [1.82, 2.24) is 4.31 Å². The molecule has 1 aliphatic heterocycles. The van der Waals surface area contributed by atoms with Crippen molar-refractivity contribution in [3.63, 3.8) is 0 Å². The molecule has 1 aliphatic rings. The molecule has 0 radical (unpaired) electrons. The minimum Gasteiger partial charge on any atom is -0.207 e. The number of rotatable bonds is 2. The van der Waals surface area contributed by atoms with Crippen LogP contribution in [0.1, 0.15) is 20.3 Å². The van der Waals surface area contributed by atoms with Crippen molar-refractivity contribution in [2.45, 2.75) is 25.2 Å². The first-order chi connectivity index (χ1) is 8.80. The molecule has 3 nitrogen and oxygen atoms in total. The van der Waals surface area contributed by atoms with Crippen LogP contribution in [-0.2, 0) is 10.0 Å². The summed E-state index contributed by atoms with van der Waals surface area (Å²) in [6, 6.07) is 4.53. The maximum absolute atomic E-state index is 12.6. The van der Waals surface area contributed by atoms with Crippen molar-refractivity contribution < 1.29 is 8.42 Å². The molecule has 0 spiro atoms. The summed E-state index contributed by atoms with van der Waals surface area (Å²) < 4.78 is 26.8. The largest absolute Gasteiger partial charge is 0.244 e. The second-order valence-corrected chi connectivity index (χ2v) is 8.09. The number of halogens is 2. The number of nitrogens with zero attached hydrogens (tertiary/aromatic N) is 1. The van der Waals surface area contributed by atoms with E-state index < -0.39 is 10.0 Å². The normalized spacial score (nSPS) is 25.5. The van der Waals surface area contributed by atoms with Gasteiger partial charge in [0.2, 0.25) is 10.0 Å². The number of benzene rings is 1. The number of hydrogen-bond donors (Lipinski definition) is 0. The summed E-state index contributed by atoms with van der Waals surface area (Å²) in [6.07, 6.45) is 1.05. The summed E-state index contributed by atoms with van der Waals surface area (Å²) in [5, 5.41) is 0.594. The molecule has 106 valence electrons. The number of piperidine rings is 1. The Morgan fingerprint density at radius 3 is 2.32 bits per heavy atom. The Hall–Kier alpha value is -0.290. The monoisotopic (exact) mass is 321 g/mol. The Kier molecular flexibility index (Phi) is 4.45. The van der Waals surface area contributed by atoms with Gasteiger partial charge in [0, 0.05) is 18.1 Å². The van der Waals surface area contributed by atoms with E-state index in [1.165, 1.54) is 16.4 Å². The molecule has 0 saturated carbocycles. The molecular formula is C13H17Cl2NO2S. The van der Waals surface area contributed by atoms with Gasteiger partial charge in [0.25, 0.3) is 0 Å². The van der Waals surface area contributed by atoms with Crippen LogP contribution in [0.4, 0.5) is 0 Å². The Balaban J connectivity index is 2.39. The highest BCUT2D eigenvalue weighted by atomic mass is 35.5. The van der Waals surface area contributed by atoms with Gasteiger partial charge in [-0.05, 0) is 36.5 Å². The van der Waals surface area contributed by atoms with Crippen molar-refractivity contribution in [2.75, 3.05) is 13.1 Å². The lowest BCUT2D eigenvalue weighted by Gasteiger charge is -2.34. The van der Waals surface area contributed by atoms with Gasteiger partial charge < -0.3 is 0 Å². The van der Waals surface area contributed by atoms with Crippen LogP contribution in [0.25, 0.3) is 0 Å². The Bertz CT molecular complexity index is 564. The highest BCUT2D eigenvalue weighted by Gasteiger charge is 2.32. The lowest BCUT2D eigenvalue weighted by Crippen LogP contribution is -2.42. The smallest absolute Gasteiger partial charge is 0.207 e. The van der Waals surface area contributed by atoms with Gasteiger partial charge >= 0.3 is 0 Å². The molecule has 1 heterocycles. The maximum Gasteiger partial charge on any atom is 0.244 e. The van der Waals surface area contributed by atoms with Crippen molar-refractivity contribution >= 4 is 33.2 Å². The summed E-state index contributed by atoms with van der Waals surface area (Å²) in [5.41, 5.74) is 0. The van der Waals surface area contributed by atoms with E-state index in [9.17, 15) is 8.42 Å². The second kappa shape index (κ2) is 5.60. The van der Waals surface area contributed by atoms with Crippen LogP contribution in [0, 0.1) is 11.8 Å². The van der Waals surface area contributed by atoms with Crippen LogP contribution in [0.15, 0.2) is 23.1 Å². The molecule has 0 aromatic heterocycles. The summed E-state index contributed by atoms with van der Waals surface area (Å²) >= 11 is 11.9. The average Bonchev–Trinajstić information content (AvgIpc) is 2.31. The molecule has 1 aromatic carbocycles. The quantitative estimate of drug-likeness (QED) is 0.833. The van der Waals surface area contributed by atoms with Crippen LogP contribution in [0.5, 0.6) is 0 Å². The molecule has 1 fully saturated rings. The summed E-state index contributed by atoms with van der Waals surface area (Å²) in [7, 11) is -3.56. The molecule has 1 aromatic rings. The van der Waals surface area contributed by atoms with Gasteiger partial charge in [-0.2, -0.15) is 4.31 Å². The van der Waals surface area contributed by atoms with E-state index in [0.29, 0.717) is 29.9 Å². The van der Waals surface area contributed by atoms with E-state index in [4.69, 9.17) is 23.2 Å². The highest BCUT2D eigenvalue weighted by Crippen LogP contribution is 2.31. The zero-order valence-corrected chi connectivity index (χ0v) is 13.3. The van der Waals surface area contributed by atoms with Crippen LogP contribution >= 0.6 is 23.2 Å². The lowest BCUT2D eigenvalue weighted by atomic mass is 9.94. The SMILES string of the molecule is C[C@H]1C[C@H](C)CN(S(=O)(=O)c2cc(Cl)ccc2Cl)C1. The molecule has 2 atom stereocenters. The van der Waals surface area contributed by atoms with Gasteiger partial charge in [0.05, 0.1) is 5.02 Å². The van der Waals surface area contributed by atoms with Gasteiger partial charge in [-0.3, -0.25) is 0 Å². The van der Waals surface area contributed by atoms with Gasteiger partial charge in [-0.15, -0.1) is 0 Å². The molecule has 6 heteroatoms. The third-order valence-electron chi connectivity index (χ3n) is 3.35. The topological polar surface area (TPSA) is 37.4 Å². The molecular weight excluding hydrogens is 305 g/mol. The van der Waals surface area contributed by atoms with Crippen molar-refractivity contribution in [2.24, 2.45) is 11.8 Å². The third-order valence-corrected chi connectivity index (χ3v) is 5.89. The fraction of sp³-hybridized carbons (Fsp3) is 0.538. The Labute approximate surface area is 124 Å². The lowest BCUT2D eigenvalue weighted by molar-refractivity contribution is 0.222. The predicted octanol–water partition coefficient (Wildman–Crippen LogP) is 3.66. The Morgan fingerprint density at radius 2 is 1.74 bits per heavy atom. The van der Waals surface area contributed by atoms with E-state index in [0.717, 1.165) is 6.42 Å². The average molecular weight is 322 g/mol. The molecule has 0 bridgehead atoms. The summed E-state index contributed by atoms with van der Waals surface area (Å²) in [4.78, 5) is 0.1000. The molecule has 0 unspecified atom stereocenters. The zero-order chi connectivity index (χ0) is 14.2. The molecule has 1 saturated heterocycles. The van der Waals surface area contributed by atoms with Crippen LogP contribution in [-0.4, -0.2) is 25.8 Å². The van der Waals surface area contributed by atoms with Crippen molar-refractivity contribution in [3.8, 4) is 0 Å². The Morgan fingerprint density at radius 1 is 1.16 bits per heavy atom. The van der Waals surface area contributed by atoms with E-state index in [2.05, 4.69) is 13.8 Å². The first kappa shape index (κ1) is 15.1. The van der Waals surface area contributed by atoms with Gasteiger partial charge in [0.15, 0.2) is 0 Å². The van der Waals surface area contributed by atoms with Gasteiger partial charge in [-0.25, -0.2) is 8.42 Å². The maximum atomic E-state index is 12.6. The zero-order valence-electron chi connectivity index (χ0n) is 10.9. The van der Waals surface area contributed by atoms with Gasteiger partial charge in [-0.1, -0.05) is 37.0 Å². The molecule has 0 aliphatic carbocycles. The molecule has 2 rings (SSSR count). The summed E-state index contributed by atoms with van der Waals surface area (Å²) in [5.74, 6) is 0.716. The predicted molar refractivity (Wildman–Crippen MR) is 78.2 cm³/mol. The molecule has 0 amide bonds. The fourth-order valence-corrected chi connectivity index (χ4v) is 5.03. The van der Waals surface area contributed by atoms with E-state index in [-0.39, 0.29) is 9.92 Å². The molecule has 0 N–H and O–H groups in total. The minimum atomic E-state index is -3.56. The fourth-order valence-electron chi connectivity index (χ4n) is 2.62. The van der Waals surface area contributed by atoms with Crippen LogP contribution in [0.2, 0.25) is 10.0 Å². The van der Waals surface area contributed by atoms with Crippen LogP contribution < -0.4 is 0 Å². The van der Waals surface area contributed by atoms with Gasteiger partial charge in [0.1, 0.15) is 4.90 Å². The number of sulfonamides is 1. The highest BCUT2D eigenvalue weighted by molar-refractivity contribution is 7.89. The minimum absolute atomic E-state index is 0.1000. The molecule has 19 heavy (non-hydrogen) atoms. The van der Waals surface area contributed by atoms with Crippen LogP contribution in [0.3, 0.4) is 0 Å². The van der Waals surface area contributed by atoms with Crippen molar-refractivity contribution in [1.29, 1.82) is 0 Å². The van der Waals surface area contributed by atoms with E-state index in [1.54, 1.807) is 6.07 Å². The summed E-state index contributed by atoms with van der Waals surface area (Å²) in [6.45, 7) is 5.21. The first-order valence-corrected chi connectivity index (χ1v) is 8.45. The first-order valence-electron chi connectivity index (χ1n) is 6.26. The van der Waals surface area contributed by atoms with E-state index >= 15 is 0 Å². The van der Waals surface area contributed by atoms with Crippen molar-refractivity contribution in [3.05, 3.63) is 28.2 Å². The second-order valence-electron chi connectivity index (χ2n) is 5.34. The standard InChI is InChI=1S/C13H17Cl2NO2S/c1-9-5-10(2)8-16(7-9)19(17,18)13-6-11(14)3-4-12(13)15/h3-4,6,9-10H,5,7-8H2,1-2H3/t9-,10-/m0/s1. The van der Waals surface area contributed by atoms with E-state index in [1.807, 2.05) is 0 Å².